The molecule has 2 nitrogen and oxygen atoms in total. The van der Waals surface area contributed by atoms with E-state index >= 15 is 0 Å². The van der Waals surface area contributed by atoms with Crippen molar-refractivity contribution in [2.75, 3.05) is 6.61 Å². The van der Waals surface area contributed by atoms with E-state index in [1.807, 2.05) is 20.8 Å². The number of rotatable bonds is 3. The van der Waals surface area contributed by atoms with Gasteiger partial charge in [0.15, 0.2) is 5.78 Å². The highest BCUT2D eigenvalue weighted by molar-refractivity contribution is 5.85. The highest BCUT2D eigenvalue weighted by Gasteiger charge is 2.21. The van der Waals surface area contributed by atoms with E-state index in [0.717, 1.165) is 0 Å². The molecule has 0 radical (unpaired) electrons. The monoisotopic (exact) mass is 210 g/mol. The number of hydrogen-bond donors (Lipinski definition) is 0. The van der Waals surface area contributed by atoms with Gasteiger partial charge in [0.1, 0.15) is 18.2 Å². The van der Waals surface area contributed by atoms with Gasteiger partial charge in [0, 0.05) is 5.41 Å². The minimum absolute atomic E-state index is 0.0202. The number of hydrogen-bond acceptors (Lipinski definition) is 2. The fourth-order valence-electron chi connectivity index (χ4n) is 0.896. The van der Waals surface area contributed by atoms with Crippen LogP contribution < -0.4 is 4.74 Å². The van der Waals surface area contributed by atoms with E-state index in [9.17, 15) is 9.18 Å². The number of Topliss-reactive ketones (excluding diaryl/α,β-unsaturated/α-hetero) is 1. The number of halogens is 1. The van der Waals surface area contributed by atoms with Crippen molar-refractivity contribution < 1.29 is 13.9 Å². The summed E-state index contributed by atoms with van der Waals surface area (Å²) in [5.74, 6) is 0.213. The molecule has 0 unspecified atom stereocenters. The molecule has 82 valence electrons. The first-order chi connectivity index (χ1) is 6.89. The van der Waals surface area contributed by atoms with Gasteiger partial charge in [0.05, 0.1) is 0 Å². The molecular formula is C12H15FO2. The average molecular weight is 210 g/mol. The number of benzene rings is 1. The molecule has 0 atom stereocenters. The van der Waals surface area contributed by atoms with E-state index in [-0.39, 0.29) is 18.2 Å². The van der Waals surface area contributed by atoms with Crippen LogP contribution in [0.25, 0.3) is 0 Å². The molecule has 1 rings (SSSR count). The van der Waals surface area contributed by atoms with Crippen molar-refractivity contribution in [2.24, 2.45) is 5.41 Å². The first kappa shape index (κ1) is 11.7. The van der Waals surface area contributed by atoms with Crippen molar-refractivity contribution in [2.45, 2.75) is 20.8 Å². The van der Waals surface area contributed by atoms with Gasteiger partial charge in [-0.3, -0.25) is 4.79 Å². The third-order valence-corrected chi connectivity index (χ3v) is 2.02. The Bertz CT molecular complexity index is 336. The summed E-state index contributed by atoms with van der Waals surface area (Å²) in [5.41, 5.74) is -0.403. The standard InChI is InChI=1S/C12H15FO2/c1-12(2,3)11(14)8-15-10-6-4-9(13)5-7-10/h4-7H,8H2,1-3H3. The maximum atomic E-state index is 12.6. The lowest BCUT2D eigenvalue weighted by atomic mass is 9.91. The highest BCUT2D eigenvalue weighted by atomic mass is 19.1. The average Bonchev–Trinajstić information content (AvgIpc) is 2.15. The molecule has 0 aliphatic rings. The van der Waals surface area contributed by atoms with Crippen LogP contribution in [0.4, 0.5) is 4.39 Å². The third kappa shape index (κ3) is 3.70. The molecule has 0 N–H and O–H groups in total. The summed E-state index contributed by atoms with van der Waals surface area (Å²) in [4.78, 5) is 11.5. The minimum atomic E-state index is -0.403. The molecule has 1 aromatic rings. The lowest BCUT2D eigenvalue weighted by molar-refractivity contribution is -0.128. The maximum absolute atomic E-state index is 12.6. The molecule has 3 heteroatoms. The molecule has 0 amide bonds. The van der Waals surface area contributed by atoms with Gasteiger partial charge in [-0.25, -0.2) is 4.39 Å². The quantitative estimate of drug-likeness (QED) is 0.766. The lowest BCUT2D eigenvalue weighted by Crippen LogP contribution is -2.26. The molecule has 0 fully saturated rings. The van der Waals surface area contributed by atoms with E-state index in [4.69, 9.17) is 4.74 Å². The lowest BCUT2D eigenvalue weighted by Gasteiger charge is -2.16. The molecular weight excluding hydrogens is 195 g/mol. The predicted molar refractivity (Wildman–Crippen MR) is 56.4 cm³/mol. The largest absolute Gasteiger partial charge is 0.486 e. The SMILES string of the molecule is CC(C)(C)C(=O)COc1ccc(F)cc1. The first-order valence-corrected chi connectivity index (χ1v) is 4.81. The normalized spacial score (nSPS) is 11.2. The van der Waals surface area contributed by atoms with Crippen LogP contribution in [0.3, 0.4) is 0 Å². The summed E-state index contributed by atoms with van der Waals surface area (Å²) in [6.07, 6.45) is 0. The van der Waals surface area contributed by atoms with Gasteiger partial charge < -0.3 is 4.74 Å². The topological polar surface area (TPSA) is 26.3 Å². The van der Waals surface area contributed by atoms with Crippen molar-refractivity contribution >= 4 is 5.78 Å². The van der Waals surface area contributed by atoms with Crippen molar-refractivity contribution in [1.82, 2.24) is 0 Å². The van der Waals surface area contributed by atoms with Gasteiger partial charge in [0.25, 0.3) is 0 Å². The summed E-state index contributed by atoms with van der Waals surface area (Å²) in [6, 6.07) is 5.62. The van der Waals surface area contributed by atoms with Crippen LogP contribution in [-0.4, -0.2) is 12.4 Å². The van der Waals surface area contributed by atoms with Gasteiger partial charge in [0.2, 0.25) is 0 Å². The summed E-state index contributed by atoms with van der Waals surface area (Å²) in [6.45, 7) is 5.53. The van der Waals surface area contributed by atoms with Gasteiger partial charge in [-0.05, 0) is 24.3 Å². The molecule has 0 heterocycles. The second-order valence-electron chi connectivity index (χ2n) is 4.42. The van der Waals surface area contributed by atoms with Crippen LogP contribution in [0.5, 0.6) is 5.75 Å². The van der Waals surface area contributed by atoms with E-state index in [2.05, 4.69) is 0 Å². The molecule has 15 heavy (non-hydrogen) atoms. The number of carbonyl (C=O) groups is 1. The van der Waals surface area contributed by atoms with Crippen LogP contribution in [0.1, 0.15) is 20.8 Å². The van der Waals surface area contributed by atoms with Crippen LogP contribution in [0, 0.1) is 11.2 Å². The zero-order valence-electron chi connectivity index (χ0n) is 9.21. The van der Waals surface area contributed by atoms with E-state index in [1.165, 1.54) is 24.3 Å². The third-order valence-electron chi connectivity index (χ3n) is 2.02. The van der Waals surface area contributed by atoms with Gasteiger partial charge in [-0.1, -0.05) is 20.8 Å². The van der Waals surface area contributed by atoms with E-state index in [0.29, 0.717) is 5.75 Å². The maximum Gasteiger partial charge on any atom is 0.175 e. The smallest absolute Gasteiger partial charge is 0.175 e. The fourth-order valence-corrected chi connectivity index (χ4v) is 0.896. The second-order valence-corrected chi connectivity index (χ2v) is 4.42. The van der Waals surface area contributed by atoms with Crippen molar-refractivity contribution in [1.29, 1.82) is 0 Å². The van der Waals surface area contributed by atoms with E-state index < -0.39 is 5.41 Å². The zero-order chi connectivity index (χ0) is 11.5. The fraction of sp³-hybridized carbons (Fsp3) is 0.417. The Morgan fingerprint density at radius 3 is 2.27 bits per heavy atom. The Morgan fingerprint density at radius 1 is 1.27 bits per heavy atom. The Balaban J connectivity index is 2.51. The van der Waals surface area contributed by atoms with Crippen molar-refractivity contribution in [3.05, 3.63) is 30.1 Å². The van der Waals surface area contributed by atoms with Gasteiger partial charge in [-0.15, -0.1) is 0 Å². The van der Waals surface area contributed by atoms with Crippen LogP contribution in [-0.2, 0) is 4.79 Å². The summed E-state index contributed by atoms with van der Waals surface area (Å²) >= 11 is 0. The Morgan fingerprint density at radius 2 is 1.80 bits per heavy atom. The zero-order valence-corrected chi connectivity index (χ0v) is 9.21. The summed E-state index contributed by atoms with van der Waals surface area (Å²) in [7, 11) is 0. The number of ketones is 1. The molecule has 0 saturated heterocycles. The minimum Gasteiger partial charge on any atom is -0.486 e. The van der Waals surface area contributed by atoms with Gasteiger partial charge >= 0.3 is 0 Å². The number of ether oxygens (including phenoxy) is 1. The molecule has 0 bridgehead atoms. The van der Waals surface area contributed by atoms with Gasteiger partial charge in [-0.2, -0.15) is 0 Å². The highest BCUT2D eigenvalue weighted by Crippen LogP contribution is 2.16. The van der Waals surface area contributed by atoms with Crippen molar-refractivity contribution in [3.63, 3.8) is 0 Å². The Kier molecular flexibility index (Phi) is 3.45. The van der Waals surface area contributed by atoms with Crippen LogP contribution in [0.2, 0.25) is 0 Å². The predicted octanol–water partition coefficient (Wildman–Crippen LogP) is 2.82. The Hall–Kier alpha value is -1.38. The van der Waals surface area contributed by atoms with E-state index in [1.54, 1.807) is 0 Å². The Labute approximate surface area is 89.1 Å². The molecule has 0 spiro atoms. The molecule has 0 aromatic heterocycles. The number of carbonyl (C=O) groups excluding carboxylic acids is 1. The second kappa shape index (κ2) is 4.43. The summed E-state index contributed by atoms with van der Waals surface area (Å²) in [5, 5.41) is 0. The molecule has 0 aliphatic carbocycles. The molecule has 1 aromatic carbocycles. The van der Waals surface area contributed by atoms with Crippen LogP contribution in [0.15, 0.2) is 24.3 Å². The first-order valence-electron chi connectivity index (χ1n) is 4.81. The summed E-state index contributed by atoms with van der Waals surface area (Å²) < 4.78 is 17.8. The molecule has 0 aliphatic heterocycles. The van der Waals surface area contributed by atoms with Crippen molar-refractivity contribution in [3.8, 4) is 5.75 Å². The molecule has 0 saturated carbocycles. The van der Waals surface area contributed by atoms with Crippen LogP contribution >= 0.6 is 0 Å².